The Kier molecular flexibility index (Phi) is 6.19. The van der Waals surface area contributed by atoms with Crippen molar-refractivity contribution in [3.63, 3.8) is 0 Å². The van der Waals surface area contributed by atoms with Gasteiger partial charge in [0, 0.05) is 24.8 Å². The van der Waals surface area contributed by atoms with Crippen LogP contribution in [-0.4, -0.2) is 49.6 Å². The van der Waals surface area contributed by atoms with Crippen LogP contribution >= 0.6 is 0 Å². The minimum atomic E-state index is -0.202. The molecule has 1 saturated heterocycles. The molecule has 1 aliphatic heterocycles. The zero-order valence-electron chi connectivity index (χ0n) is 13.5. The average molecular weight is 307 g/mol. The van der Waals surface area contributed by atoms with Crippen molar-refractivity contribution >= 4 is 11.6 Å². The molecule has 1 heterocycles. The first kappa shape index (κ1) is 16.7. The third-order valence-corrected chi connectivity index (χ3v) is 4.30. The SMILES string of the molecule is CCN(CC)CC(=O)NC1CCN(c2cccc(F)c2)CC1. The fourth-order valence-corrected chi connectivity index (χ4v) is 2.88. The van der Waals surface area contributed by atoms with Gasteiger partial charge in [0.25, 0.3) is 0 Å². The maximum atomic E-state index is 13.3. The quantitative estimate of drug-likeness (QED) is 0.875. The van der Waals surface area contributed by atoms with Crippen molar-refractivity contribution in [3.8, 4) is 0 Å². The number of likely N-dealkylation sites (N-methyl/N-ethyl adjacent to an activating group) is 1. The fraction of sp³-hybridized carbons (Fsp3) is 0.588. The number of piperidine rings is 1. The van der Waals surface area contributed by atoms with Gasteiger partial charge in [0.2, 0.25) is 5.91 Å². The normalized spacial score (nSPS) is 16.1. The van der Waals surface area contributed by atoms with E-state index in [4.69, 9.17) is 0 Å². The molecule has 22 heavy (non-hydrogen) atoms. The van der Waals surface area contributed by atoms with Gasteiger partial charge in [0.15, 0.2) is 0 Å². The second-order valence-corrected chi connectivity index (χ2v) is 5.77. The highest BCUT2D eigenvalue weighted by atomic mass is 19.1. The number of hydrogen-bond donors (Lipinski definition) is 1. The molecule has 1 aromatic rings. The van der Waals surface area contributed by atoms with E-state index in [1.165, 1.54) is 6.07 Å². The standard InChI is InChI=1S/C17H26FN3O/c1-3-20(4-2)13-17(22)19-15-8-10-21(11-9-15)16-7-5-6-14(18)12-16/h5-7,12,15H,3-4,8-11,13H2,1-2H3,(H,19,22). The average Bonchev–Trinajstić information content (AvgIpc) is 2.53. The molecule has 0 radical (unpaired) electrons. The molecule has 0 aromatic heterocycles. The maximum Gasteiger partial charge on any atom is 0.234 e. The van der Waals surface area contributed by atoms with Gasteiger partial charge >= 0.3 is 0 Å². The first-order valence-electron chi connectivity index (χ1n) is 8.14. The summed E-state index contributed by atoms with van der Waals surface area (Å²) in [4.78, 5) is 16.3. The van der Waals surface area contributed by atoms with Crippen LogP contribution in [0.1, 0.15) is 26.7 Å². The number of anilines is 1. The van der Waals surface area contributed by atoms with E-state index < -0.39 is 0 Å². The second kappa shape index (κ2) is 8.13. The predicted molar refractivity (Wildman–Crippen MR) is 87.6 cm³/mol. The van der Waals surface area contributed by atoms with Crippen LogP contribution < -0.4 is 10.2 Å². The number of amides is 1. The summed E-state index contributed by atoms with van der Waals surface area (Å²) in [6.45, 7) is 8.07. The maximum absolute atomic E-state index is 13.3. The molecular weight excluding hydrogens is 281 g/mol. The fourth-order valence-electron chi connectivity index (χ4n) is 2.88. The van der Waals surface area contributed by atoms with E-state index in [1.807, 2.05) is 6.07 Å². The summed E-state index contributed by atoms with van der Waals surface area (Å²) in [5.74, 6) is -0.0972. The van der Waals surface area contributed by atoms with E-state index in [1.54, 1.807) is 12.1 Å². The molecule has 4 nitrogen and oxygen atoms in total. The molecule has 0 unspecified atom stereocenters. The highest BCUT2D eigenvalue weighted by Gasteiger charge is 2.21. The van der Waals surface area contributed by atoms with Gasteiger partial charge in [-0.3, -0.25) is 9.69 Å². The number of carbonyl (C=O) groups excluding carboxylic acids is 1. The topological polar surface area (TPSA) is 35.6 Å². The van der Waals surface area contributed by atoms with Crippen LogP contribution in [0.2, 0.25) is 0 Å². The van der Waals surface area contributed by atoms with Crippen molar-refractivity contribution in [2.24, 2.45) is 0 Å². The molecule has 1 aliphatic rings. The van der Waals surface area contributed by atoms with E-state index in [9.17, 15) is 9.18 Å². The Balaban J connectivity index is 1.78. The van der Waals surface area contributed by atoms with Gasteiger partial charge in [0.05, 0.1) is 6.54 Å². The monoisotopic (exact) mass is 307 g/mol. The van der Waals surface area contributed by atoms with Crippen molar-refractivity contribution in [2.45, 2.75) is 32.7 Å². The minimum Gasteiger partial charge on any atom is -0.371 e. The first-order chi connectivity index (χ1) is 10.6. The summed E-state index contributed by atoms with van der Waals surface area (Å²) in [6, 6.07) is 6.93. The summed E-state index contributed by atoms with van der Waals surface area (Å²) in [5, 5.41) is 3.12. The summed E-state index contributed by atoms with van der Waals surface area (Å²) in [5.41, 5.74) is 0.924. The third-order valence-electron chi connectivity index (χ3n) is 4.30. The Labute approximate surface area is 132 Å². The molecule has 1 amide bonds. The van der Waals surface area contributed by atoms with E-state index in [2.05, 4.69) is 29.0 Å². The lowest BCUT2D eigenvalue weighted by Gasteiger charge is -2.34. The van der Waals surface area contributed by atoms with Crippen LogP contribution in [0.25, 0.3) is 0 Å². The summed E-state index contributed by atoms with van der Waals surface area (Å²) >= 11 is 0. The lowest BCUT2D eigenvalue weighted by Crippen LogP contribution is -2.47. The van der Waals surface area contributed by atoms with Gasteiger partial charge in [-0.25, -0.2) is 4.39 Å². The van der Waals surface area contributed by atoms with Crippen LogP contribution in [-0.2, 0) is 4.79 Å². The molecule has 1 fully saturated rings. The zero-order chi connectivity index (χ0) is 15.9. The Morgan fingerprint density at radius 1 is 1.32 bits per heavy atom. The first-order valence-corrected chi connectivity index (χ1v) is 8.14. The van der Waals surface area contributed by atoms with Crippen LogP contribution in [0.5, 0.6) is 0 Å². The van der Waals surface area contributed by atoms with Gasteiger partial charge in [0.1, 0.15) is 5.82 Å². The number of carbonyl (C=O) groups is 1. The number of nitrogens with zero attached hydrogens (tertiary/aromatic N) is 2. The van der Waals surface area contributed by atoms with Gasteiger partial charge in [-0.1, -0.05) is 19.9 Å². The molecule has 0 atom stereocenters. The lowest BCUT2D eigenvalue weighted by atomic mass is 10.0. The minimum absolute atomic E-state index is 0.105. The summed E-state index contributed by atoms with van der Waals surface area (Å²) < 4.78 is 13.3. The van der Waals surface area contributed by atoms with Crippen molar-refractivity contribution in [2.75, 3.05) is 37.6 Å². The van der Waals surface area contributed by atoms with Gasteiger partial charge in [-0.2, -0.15) is 0 Å². The number of hydrogen-bond acceptors (Lipinski definition) is 3. The van der Waals surface area contributed by atoms with Gasteiger partial charge < -0.3 is 10.2 Å². The molecule has 122 valence electrons. The van der Waals surface area contributed by atoms with Crippen molar-refractivity contribution in [3.05, 3.63) is 30.1 Å². The van der Waals surface area contributed by atoms with Crippen LogP contribution in [0.15, 0.2) is 24.3 Å². The highest BCUT2D eigenvalue weighted by molar-refractivity contribution is 5.78. The number of rotatable bonds is 6. The molecule has 0 bridgehead atoms. The molecule has 5 heteroatoms. The summed E-state index contributed by atoms with van der Waals surface area (Å²) in [6.07, 6.45) is 1.81. The number of benzene rings is 1. The van der Waals surface area contributed by atoms with Crippen LogP contribution in [0.3, 0.4) is 0 Å². The van der Waals surface area contributed by atoms with Gasteiger partial charge in [-0.05, 0) is 44.1 Å². The van der Waals surface area contributed by atoms with E-state index in [0.29, 0.717) is 6.54 Å². The Hall–Kier alpha value is -1.62. The summed E-state index contributed by atoms with van der Waals surface area (Å²) in [7, 11) is 0. The van der Waals surface area contributed by atoms with Crippen molar-refractivity contribution in [1.29, 1.82) is 0 Å². The van der Waals surface area contributed by atoms with E-state index in [-0.39, 0.29) is 17.8 Å². The Morgan fingerprint density at radius 3 is 2.59 bits per heavy atom. The lowest BCUT2D eigenvalue weighted by molar-refractivity contribution is -0.123. The zero-order valence-corrected chi connectivity index (χ0v) is 13.5. The number of halogens is 1. The predicted octanol–water partition coefficient (Wildman–Crippen LogP) is 2.25. The molecule has 0 spiro atoms. The van der Waals surface area contributed by atoms with Gasteiger partial charge in [-0.15, -0.1) is 0 Å². The molecule has 1 N–H and O–H groups in total. The highest BCUT2D eigenvalue weighted by Crippen LogP contribution is 2.20. The third kappa shape index (κ3) is 4.70. The second-order valence-electron chi connectivity index (χ2n) is 5.77. The van der Waals surface area contributed by atoms with E-state index in [0.717, 1.165) is 44.7 Å². The van der Waals surface area contributed by atoms with Crippen molar-refractivity contribution in [1.82, 2.24) is 10.2 Å². The molecule has 0 saturated carbocycles. The Bertz CT molecular complexity index is 483. The smallest absolute Gasteiger partial charge is 0.234 e. The molecule has 2 rings (SSSR count). The van der Waals surface area contributed by atoms with Crippen LogP contribution in [0, 0.1) is 5.82 Å². The van der Waals surface area contributed by atoms with Crippen molar-refractivity contribution < 1.29 is 9.18 Å². The van der Waals surface area contributed by atoms with Crippen LogP contribution in [0.4, 0.5) is 10.1 Å². The molecular formula is C17H26FN3O. The molecule has 0 aliphatic carbocycles. The number of nitrogens with one attached hydrogen (secondary N) is 1. The largest absolute Gasteiger partial charge is 0.371 e. The van der Waals surface area contributed by atoms with E-state index >= 15 is 0 Å². The molecule has 1 aromatic carbocycles. The Morgan fingerprint density at radius 2 is 2.00 bits per heavy atom.